The summed E-state index contributed by atoms with van der Waals surface area (Å²) < 4.78 is 0. The molecule has 1 aliphatic rings. The maximum absolute atomic E-state index is 5.62. The van der Waals surface area contributed by atoms with Crippen molar-refractivity contribution >= 4 is 11.6 Å². The molecule has 0 amide bonds. The first-order chi connectivity index (χ1) is 8.36. The first kappa shape index (κ1) is 14.5. The lowest BCUT2D eigenvalue weighted by Crippen LogP contribution is -2.22. The predicted octanol–water partition coefficient (Wildman–Crippen LogP) is 4.03. The van der Waals surface area contributed by atoms with Gasteiger partial charge in [-0.3, -0.25) is 0 Å². The second-order valence-corrected chi connectivity index (χ2v) is 4.94. The van der Waals surface area contributed by atoms with E-state index in [-0.39, 0.29) is 0 Å². The molecule has 0 saturated carbocycles. The number of rotatable bonds is 4. The molecular formula is C15H24ClN. The Hall–Kier alpha value is -0.530. The lowest BCUT2D eigenvalue weighted by molar-refractivity contribution is 0.324. The molecule has 0 bridgehead atoms. The first-order valence-electron chi connectivity index (χ1n) is 6.65. The highest BCUT2D eigenvalue weighted by Crippen LogP contribution is 2.18. The van der Waals surface area contributed by atoms with Crippen LogP contribution >= 0.6 is 11.6 Å². The van der Waals surface area contributed by atoms with Gasteiger partial charge < -0.3 is 4.90 Å². The Morgan fingerprint density at radius 3 is 2.12 bits per heavy atom. The van der Waals surface area contributed by atoms with Crippen molar-refractivity contribution in [1.29, 1.82) is 0 Å². The van der Waals surface area contributed by atoms with E-state index < -0.39 is 0 Å². The van der Waals surface area contributed by atoms with Gasteiger partial charge in [-0.1, -0.05) is 49.7 Å². The van der Waals surface area contributed by atoms with Crippen LogP contribution in [0.1, 0.15) is 26.2 Å². The van der Waals surface area contributed by atoms with Gasteiger partial charge in [0, 0.05) is 12.4 Å². The topological polar surface area (TPSA) is 3.24 Å². The monoisotopic (exact) mass is 253 g/mol. The molecule has 17 heavy (non-hydrogen) atoms. The zero-order valence-electron chi connectivity index (χ0n) is 10.8. The van der Waals surface area contributed by atoms with E-state index in [1.54, 1.807) is 0 Å². The van der Waals surface area contributed by atoms with Gasteiger partial charge in [0.2, 0.25) is 0 Å². The van der Waals surface area contributed by atoms with Crippen LogP contribution in [0.2, 0.25) is 0 Å². The Morgan fingerprint density at radius 2 is 1.71 bits per heavy atom. The smallest absolute Gasteiger partial charge is 0.0235 e. The quantitative estimate of drug-likeness (QED) is 0.733. The Labute approximate surface area is 111 Å². The van der Waals surface area contributed by atoms with Crippen molar-refractivity contribution in [2.24, 2.45) is 5.92 Å². The summed E-state index contributed by atoms with van der Waals surface area (Å²) in [6.45, 7) is 6.11. The van der Waals surface area contributed by atoms with Crippen LogP contribution in [-0.4, -0.2) is 30.4 Å². The lowest BCUT2D eigenvalue weighted by Gasteiger charge is -2.13. The molecule has 1 aromatic rings. The molecule has 1 atom stereocenters. The van der Waals surface area contributed by atoms with Crippen molar-refractivity contribution in [3.05, 3.63) is 36.4 Å². The van der Waals surface area contributed by atoms with Crippen LogP contribution in [0, 0.1) is 5.92 Å². The standard InChI is InChI=1S/C9H18ClN.C6H6/c1-2-9-4-7-11(8-9)6-3-5-10;1-2-4-6-5-3-1/h9H,2-8H2,1H3;1-6H. The number of likely N-dealkylation sites (tertiary alicyclic amines) is 1. The molecule has 0 aromatic heterocycles. The summed E-state index contributed by atoms with van der Waals surface area (Å²) in [5.74, 6) is 1.78. The first-order valence-corrected chi connectivity index (χ1v) is 7.18. The van der Waals surface area contributed by atoms with Crippen molar-refractivity contribution < 1.29 is 0 Å². The zero-order valence-corrected chi connectivity index (χ0v) is 11.6. The van der Waals surface area contributed by atoms with Gasteiger partial charge in [-0.25, -0.2) is 0 Å². The van der Waals surface area contributed by atoms with E-state index in [9.17, 15) is 0 Å². The third-order valence-corrected chi connectivity index (χ3v) is 3.49. The Balaban J connectivity index is 0.000000202. The molecule has 0 N–H and O–H groups in total. The maximum atomic E-state index is 5.62. The molecule has 1 nitrogen and oxygen atoms in total. The number of hydrogen-bond acceptors (Lipinski definition) is 1. The molecule has 1 aromatic carbocycles. The van der Waals surface area contributed by atoms with Crippen molar-refractivity contribution in [2.75, 3.05) is 25.5 Å². The number of benzene rings is 1. The fraction of sp³-hybridized carbons (Fsp3) is 0.600. The van der Waals surface area contributed by atoms with Crippen LogP contribution in [0.5, 0.6) is 0 Å². The van der Waals surface area contributed by atoms with Crippen LogP contribution in [0.3, 0.4) is 0 Å². The van der Waals surface area contributed by atoms with E-state index in [2.05, 4.69) is 11.8 Å². The summed E-state index contributed by atoms with van der Waals surface area (Å²) in [7, 11) is 0. The molecule has 0 spiro atoms. The van der Waals surface area contributed by atoms with Gasteiger partial charge in [0.25, 0.3) is 0 Å². The van der Waals surface area contributed by atoms with Crippen LogP contribution in [-0.2, 0) is 0 Å². The lowest BCUT2D eigenvalue weighted by atomic mass is 10.1. The minimum Gasteiger partial charge on any atom is -0.303 e. The number of halogens is 1. The third-order valence-electron chi connectivity index (χ3n) is 3.22. The fourth-order valence-electron chi connectivity index (χ4n) is 2.12. The molecule has 1 heterocycles. The normalized spacial score (nSPS) is 19.8. The van der Waals surface area contributed by atoms with E-state index in [0.717, 1.165) is 18.2 Å². The van der Waals surface area contributed by atoms with Crippen LogP contribution in [0.4, 0.5) is 0 Å². The molecular weight excluding hydrogens is 230 g/mol. The van der Waals surface area contributed by atoms with E-state index in [1.165, 1.54) is 32.5 Å². The number of nitrogens with zero attached hydrogens (tertiary/aromatic N) is 1. The highest BCUT2D eigenvalue weighted by molar-refractivity contribution is 6.17. The molecule has 96 valence electrons. The predicted molar refractivity (Wildman–Crippen MR) is 76.6 cm³/mol. The fourth-order valence-corrected chi connectivity index (χ4v) is 2.24. The minimum atomic E-state index is 0.813. The molecule has 2 heteroatoms. The summed E-state index contributed by atoms with van der Waals surface area (Å²) in [4.78, 5) is 2.54. The van der Waals surface area contributed by atoms with Gasteiger partial charge in [-0.15, -0.1) is 11.6 Å². The second-order valence-electron chi connectivity index (χ2n) is 4.56. The summed E-state index contributed by atoms with van der Waals surface area (Å²) >= 11 is 5.62. The van der Waals surface area contributed by atoms with Crippen molar-refractivity contribution in [2.45, 2.75) is 26.2 Å². The van der Waals surface area contributed by atoms with Gasteiger partial charge in [-0.2, -0.15) is 0 Å². The van der Waals surface area contributed by atoms with Crippen molar-refractivity contribution in [1.82, 2.24) is 4.90 Å². The second kappa shape index (κ2) is 9.49. The molecule has 0 radical (unpaired) electrons. The SMILES string of the molecule is CCC1CCN(CCCCl)C1.c1ccccc1. The average Bonchev–Trinajstić information content (AvgIpc) is 2.87. The van der Waals surface area contributed by atoms with Gasteiger partial charge in [0.05, 0.1) is 0 Å². The third kappa shape index (κ3) is 6.70. The van der Waals surface area contributed by atoms with E-state index in [1.807, 2.05) is 36.4 Å². The van der Waals surface area contributed by atoms with Crippen molar-refractivity contribution in [3.63, 3.8) is 0 Å². The number of alkyl halides is 1. The van der Waals surface area contributed by atoms with Crippen LogP contribution < -0.4 is 0 Å². The minimum absolute atomic E-state index is 0.813. The average molecular weight is 254 g/mol. The Bertz CT molecular complexity index is 236. The zero-order chi connectivity index (χ0) is 12.3. The number of hydrogen-bond donors (Lipinski definition) is 0. The highest BCUT2D eigenvalue weighted by Gasteiger charge is 2.19. The van der Waals surface area contributed by atoms with Gasteiger partial charge in [-0.05, 0) is 31.8 Å². The van der Waals surface area contributed by atoms with E-state index in [4.69, 9.17) is 11.6 Å². The molecule has 1 aliphatic heterocycles. The van der Waals surface area contributed by atoms with E-state index >= 15 is 0 Å². The highest BCUT2D eigenvalue weighted by atomic mass is 35.5. The summed E-state index contributed by atoms with van der Waals surface area (Å²) in [5.41, 5.74) is 0. The van der Waals surface area contributed by atoms with Crippen molar-refractivity contribution in [3.8, 4) is 0 Å². The molecule has 2 rings (SSSR count). The van der Waals surface area contributed by atoms with Gasteiger partial charge >= 0.3 is 0 Å². The Kier molecular flexibility index (Phi) is 8.12. The summed E-state index contributed by atoms with van der Waals surface area (Å²) in [6.07, 6.45) is 3.90. The largest absolute Gasteiger partial charge is 0.303 e. The van der Waals surface area contributed by atoms with Gasteiger partial charge in [0.1, 0.15) is 0 Å². The van der Waals surface area contributed by atoms with Gasteiger partial charge in [0.15, 0.2) is 0 Å². The van der Waals surface area contributed by atoms with E-state index in [0.29, 0.717) is 0 Å². The molecule has 1 unspecified atom stereocenters. The molecule has 0 aliphatic carbocycles. The maximum Gasteiger partial charge on any atom is 0.0235 e. The Morgan fingerprint density at radius 1 is 1.12 bits per heavy atom. The molecule has 1 saturated heterocycles. The van der Waals surface area contributed by atoms with Crippen LogP contribution in [0.15, 0.2) is 36.4 Å². The van der Waals surface area contributed by atoms with Crippen LogP contribution in [0.25, 0.3) is 0 Å². The molecule has 1 fully saturated rings. The summed E-state index contributed by atoms with van der Waals surface area (Å²) in [5, 5.41) is 0. The summed E-state index contributed by atoms with van der Waals surface area (Å²) in [6, 6.07) is 12.0.